The van der Waals surface area contributed by atoms with Gasteiger partial charge in [-0.15, -0.1) is 0 Å². The third kappa shape index (κ3) is 3.82. The topological polar surface area (TPSA) is 75.4 Å². The molecular formula is C17H18ClN3O3S. The van der Waals surface area contributed by atoms with Crippen molar-refractivity contribution in [3.63, 3.8) is 0 Å². The summed E-state index contributed by atoms with van der Waals surface area (Å²) in [6, 6.07) is 6.92. The molecule has 1 aliphatic rings. The number of aromatic nitrogens is 2. The molecule has 1 amide bonds. The quantitative estimate of drug-likeness (QED) is 0.884. The van der Waals surface area contributed by atoms with Crippen LogP contribution in [0, 0.1) is 6.92 Å². The van der Waals surface area contributed by atoms with Gasteiger partial charge in [-0.25, -0.2) is 4.68 Å². The molecule has 0 bridgehead atoms. The summed E-state index contributed by atoms with van der Waals surface area (Å²) in [5.74, 6) is 0.400. The van der Waals surface area contributed by atoms with Crippen molar-refractivity contribution in [2.45, 2.75) is 19.4 Å². The predicted molar refractivity (Wildman–Crippen MR) is 97.7 cm³/mol. The molecular weight excluding hydrogens is 362 g/mol. The zero-order chi connectivity index (χ0) is 18.0. The first-order valence-corrected chi connectivity index (χ1v) is 9.41. The highest BCUT2D eigenvalue weighted by Gasteiger charge is 2.31. The van der Waals surface area contributed by atoms with Crippen LogP contribution in [-0.2, 0) is 4.79 Å². The van der Waals surface area contributed by atoms with Gasteiger partial charge in [-0.3, -0.25) is 9.59 Å². The lowest BCUT2D eigenvalue weighted by atomic mass is 10.1. The van der Waals surface area contributed by atoms with Crippen LogP contribution >= 0.6 is 23.4 Å². The van der Waals surface area contributed by atoms with Gasteiger partial charge < -0.3 is 10.0 Å². The number of carboxylic acid groups (broad SMARTS) is 1. The average molecular weight is 380 g/mol. The van der Waals surface area contributed by atoms with Crippen LogP contribution in [0.2, 0.25) is 5.02 Å². The molecule has 0 spiro atoms. The molecule has 0 radical (unpaired) electrons. The SMILES string of the molecule is Cc1c(C(=O)N2CCSCC2CC(=O)O)cnn1-c1ccc(Cl)cc1. The molecule has 0 aliphatic carbocycles. The highest BCUT2D eigenvalue weighted by molar-refractivity contribution is 7.99. The number of benzene rings is 1. The van der Waals surface area contributed by atoms with E-state index in [9.17, 15) is 9.59 Å². The molecule has 1 unspecified atom stereocenters. The number of thioether (sulfide) groups is 1. The largest absolute Gasteiger partial charge is 0.481 e. The van der Waals surface area contributed by atoms with Crippen molar-refractivity contribution in [1.29, 1.82) is 0 Å². The van der Waals surface area contributed by atoms with Crippen molar-refractivity contribution in [3.05, 3.63) is 46.7 Å². The number of amides is 1. The molecule has 3 rings (SSSR count). The van der Waals surface area contributed by atoms with Gasteiger partial charge in [0.15, 0.2) is 0 Å². The fraction of sp³-hybridized carbons (Fsp3) is 0.353. The highest BCUT2D eigenvalue weighted by atomic mass is 35.5. The standard InChI is InChI=1S/C17H18ClN3O3S/c1-11-15(9-19-21(11)13-4-2-12(18)3-5-13)17(24)20-6-7-25-10-14(20)8-16(22)23/h2-5,9,14H,6-8,10H2,1H3,(H,22,23). The molecule has 1 aliphatic heterocycles. The van der Waals surface area contributed by atoms with Gasteiger partial charge in [0.1, 0.15) is 0 Å². The minimum absolute atomic E-state index is 0.0386. The molecule has 6 nitrogen and oxygen atoms in total. The minimum atomic E-state index is -0.890. The first-order valence-electron chi connectivity index (χ1n) is 7.88. The number of carboxylic acids is 1. The van der Waals surface area contributed by atoms with Crippen LogP contribution < -0.4 is 0 Å². The van der Waals surface area contributed by atoms with Crippen LogP contribution in [0.3, 0.4) is 0 Å². The lowest BCUT2D eigenvalue weighted by Gasteiger charge is -2.34. The molecule has 1 saturated heterocycles. The highest BCUT2D eigenvalue weighted by Crippen LogP contribution is 2.23. The van der Waals surface area contributed by atoms with Gasteiger partial charge in [-0.2, -0.15) is 16.9 Å². The van der Waals surface area contributed by atoms with Gasteiger partial charge >= 0.3 is 5.97 Å². The summed E-state index contributed by atoms with van der Waals surface area (Å²) in [7, 11) is 0. The first kappa shape index (κ1) is 17.8. The number of nitrogens with zero attached hydrogens (tertiary/aromatic N) is 3. The Bertz CT molecular complexity index is 791. The Morgan fingerprint density at radius 3 is 2.76 bits per heavy atom. The Labute approximate surface area is 154 Å². The fourth-order valence-electron chi connectivity index (χ4n) is 2.91. The summed E-state index contributed by atoms with van der Waals surface area (Å²) in [6.45, 7) is 2.38. The fourth-order valence-corrected chi connectivity index (χ4v) is 4.10. The van der Waals surface area contributed by atoms with Crippen molar-refractivity contribution in [1.82, 2.24) is 14.7 Å². The number of rotatable bonds is 4. The summed E-state index contributed by atoms with van der Waals surface area (Å²) in [5, 5.41) is 14.0. The maximum absolute atomic E-state index is 13.0. The molecule has 2 heterocycles. The van der Waals surface area contributed by atoms with Crippen LogP contribution in [0.1, 0.15) is 22.5 Å². The number of carbonyl (C=O) groups is 2. The number of aliphatic carboxylic acids is 1. The first-order chi connectivity index (χ1) is 12.0. The number of hydrogen-bond acceptors (Lipinski definition) is 4. The Balaban J connectivity index is 1.87. The summed E-state index contributed by atoms with van der Waals surface area (Å²) in [6.07, 6.45) is 1.51. The lowest BCUT2D eigenvalue weighted by Crippen LogP contribution is -2.47. The van der Waals surface area contributed by atoms with Gasteiger partial charge in [0, 0.05) is 23.1 Å². The van der Waals surface area contributed by atoms with E-state index in [0.717, 1.165) is 17.1 Å². The number of hydrogen-bond donors (Lipinski definition) is 1. The van der Waals surface area contributed by atoms with E-state index in [1.54, 1.807) is 39.7 Å². The van der Waals surface area contributed by atoms with Gasteiger partial charge in [0.05, 0.1) is 35.6 Å². The van der Waals surface area contributed by atoms with Crippen molar-refractivity contribution < 1.29 is 14.7 Å². The Morgan fingerprint density at radius 1 is 1.36 bits per heavy atom. The Kier molecular flexibility index (Phi) is 5.34. The van der Waals surface area contributed by atoms with Crippen molar-refractivity contribution >= 4 is 35.2 Å². The van der Waals surface area contributed by atoms with Gasteiger partial charge in [-0.05, 0) is 31.2 Å². The average Bonchev–Trinajstić information content (AvgIpc) is 2.96. The molecule has 2 aromatic rings. The van der Waals surface area contributed by atoms with E-state index >= 15 is 0 Å². The summed E-state index contributed by atoms with van der Waals surface area (Å²) < 4.78 is 1.69. The van der Waals surface area contributed by atoms with Crippen molar-refractivity contribution in [2.75, 3.05) is 18.1 Å². The van der Waals surface area contributed by atoms with Gasteiger partial charge in [0.2, 0.25) is 0 Å². The molecule has 1 aromatic heterocycles. The second-order valence-corrected chi connectivity index (χ2v) is 7.44. The maximum Gasteiger partial charge on any atom is 0.305 e. The zero-order valence-corrected chi connectivity index (χ0v) is 15.3. The lowest BCUT2D eigenvalue weighted by molar-refractivity contribution is -0.138. The van der Waals surface area contributed by atoms with Crippen molar-refractivity contribution in [2.24, 2.45) is 0 Å². The van der Waals surface area contributed by atoms with Crippen LogP contribution in [0.4, 0.5) is 0 Å². The molecule has 132 valence electrons. The molecule has 1 aromatic carbocycles. The molecule has 0 saturated carbocycles. The summed E-state index contributed by atoms with van der Waals surface area (Å²) in [4.78, 5) is 25.7. The van der Waals surface area contributed by atoms with E-state index in [4.69, 9.17) is 16.7 Å². The molecule has 1 fully saturated rings. The summed E-state index contributed by atoms with van der Waals surface area (Å²) in [5.41, 5.74) is 2.04. The third-order valence-corrected chi connectivity index (χ3v) is 5.55. The van der Waals surface area contributed by atoms with Crippen LogP contribution in [0.5, 0.6) is 0 Å². The second-order valence-electron chi connectivity index (χ2n) is 5.86. The molecule has 1 N–H and O–H groups in total. The van der Waals surface area contributed by atoms with Gasteiger partial charge in [-0.1, -0.05) is 11.6 Å². The van der Waals surface area contributed by atoms with Gasteiger partial charge in [0.25, 0.3) is 5.91 Å². The van der Waals surface area contributed by atoms with Crippen LogP contribution in [0.15, 0.2) is 30.5 Å². The van der Waals surface area contributed by atoms with E-state index in [1.807, 2.05) is 19.1 Å². The van der Waals surface area contributed by atoms with E-state index in [1.165, 1.54) is 0 Å². The monoisotopic (exact) mass is 379 g/mol. The smallest absolute Gasteiger partial charge is 0.305 e. The Morgan fingerprint density at radius 2 is 2.08 bits per heavy atom. The third-order valence-electron chi connectivity index (χ3n) is 4.21. The molecule has 8 heteroatoms. The van der Waals surface area contributed by atoms with E-state index < -0.39 is 5.97 Å². The van der Waals surface area contributed by atoms with Crippen LogP contribution in [0.25, 0.3) is 5.69 Å². The molecule has 1 atom stereocenters. The number of carbonyl (C=O) groups excluding carboxylic acids is 1. The van der Waals surface area contributed by atoms with Crippen molar-refractivity contribution in [3.8, 4) is 5.69 Å². The minimum Gasteiger partial charge on any atom is -0.481 e. The maximum atomic E-state index is 13.0. The predicted octanol–water partition coefficient (Wildman–Crippen LogP) is 2.87. The van der Waals surface area contributed by atoms with E-state index in [2.05, 4.69) is 5.10 Å². The zero-order valence-electron chi connectivity index (χ0n) is 13.7. The number of halogens is 1. The van der Waals surface area contributed by atoms with Crippen LogP contribution in [-0.4, -0.2) is 55.8 Å². The summed E-state index contributed by atoms with van der Waals surface area (Å²) >= 11 is 7.59. The van der Waals surface area contributed by atoms with E-state index in [0.29, 0.717) is 22.9 Å². The van der Waals surface area contributed by atoms with E-state index in [-0.39, 0.29) is 18.4 Å². The second kappa shape index (κ2) is 7.49. The Hall–Kier alpha value is -1.99. The molecule has 25 heavy (non-hydrogen) atoms. The normalized spacial score (nSPS) is 17.5.